The molecule has 0 aromatic heterocycles. The van der Waals surface area contributed by atoms with Crippen LogP contribution in [0.25, 0.3) is 0 Å². The van der Waals surface area contributed by atoms with Crippen LogP contribution < -0.4 is 14.4 Å². The summed E-state index contributed by atoms with van der Waals surface area (Å²) in [5.41, 5.74) is 2.86. The number of rotatable bonds is 12. The van der Waals surface area contributed by atoms with E-state index in [1.807, 2.05) is 45.9 Å². The maximum absolute atomic E-state index is 14.0. The van der Waals surface area contributed by atoms with Crippen molar-refractivity contribution in [3.8, 4) is 5.75 Å². The second-order valence-electron chi connectivity index (χ2n) is 10.0. The average molecular weight is 566 g/mol. The van der Waals surface area contributed by atoms with E-state index in [4.69, 9.17) is 4.74 Å². The number of amides is 2. The van der Waals surface area contributed by atoms with Gasteiger partial charge >= 0.3 is 0 Å². The largest absolute Gasteiger partial charge is 0.497 e. The van der Waals surface area contributed by atoms with Gasteiger partial charge in [0.05, 0.1) is 17.7 Å². The molecule has 0 aliphatic carbocycles. The molecule has 0 aliphatic heterocycles. The summed E-state index contributed by atoms with van der Waals surface area (Å²) >= 11 is 0. The first-order valence-electron chi connectivity index (χ1n) is 13.3. The standard InChI is InChI=1S/C31H39N3O5S/c1-7-24(4)32-31(36)25(5)33(20-26-12-11-13-28(19-26)39-6)30(35)21-34(27-17-22(2)16-23(3)18-27)40(37,38)29-14-9-8-10-15-29/h8-19,24-25H,7,20-21H2,1-6H3,(H,32,36)/t24-,25+/m1/s1. The molecule has 1 N–H and O–H groups in total. The lowest BCUT2D eigenvalue weighted by atomic mass is 10.1. The van der Waals surface area contributed by atoms with Crippen LogP contribution in [-0.2, 0) is 26.2 Å². The van der Waals surface area contributed by atoms with Gasteiger partial charge in [-0.05, 0) is 87.2 Å². The van der Waals surface area contributed by atoms with Crippen molar-refractivity contribution in [1.82, 2.24) is 10.2 Å². The fourth-order valence-corrected chi connectivity index (χ4v) is 5.78. The Morgan fingerprint density at radius 3 is 2.17 bits per heavy atom. The molecular weight excluding hydrogens is 526 g/mol. The highest BCUT2D eigenvalue weighted by molar-refractivity contribution is 7.92. The molecule has 3 aromatic rings. The highest BCUT2D eigenvalue weighted by Crippen LogP contribution is 2.27. The van der Waals surface area contributed by atoms with E-state index < -0.39 is 28.5 Å². The number of hydrogen-bond donors (Lipinski definition) is 1. The number of carbonyl (C=O) groups is 2. The van der Waals surface area contributed by atoms with Gasteiger partial charge in [0.25, 0.3) is 10.0 Å². The van der Waals surface area contributed by atoms with E-state index in [2.05, 4.69) is 5.32 Å². The minimum absolute atomic E-state index is 0.0730. The van der Waals surface area contributed by atoms with Crippen molar-refractivity contribution in [3.05, 3.63) is 89.5 Å². The minimum atomic E-state index is -4.10. The first-order chi connectivity index (χ1) is 19.0. The third kappa shape index (κ3) is 7.63. The number of nitrogens with one attached hydrogen (secondary N) is 1. The summed E-state index contributed by atoms with van der Waals surface area (Å²) < 4.78 is 34.3. The lowest BCUT2D eigenvalue weighted by Crippen LogP contribution is -2.52. The number of hydrogen-bond acceptors (Lipinski definition) is 5. The van der Waals surface area contributed by atoms with Gasteiger partial charge in [-0.1, -0.05) is 43.3 Å². The molecule has 0 unspecified atom stereocenters. The molecule has 0 saturated carbocycles. The Labute approximate surface area is 238 Å². The van der Waals surface area contributed by atoms with Crippen molar-refractivity contribution >= 4 is 27.5 Å². The minimum Gasteiger partial charge on any atom is -0.497 e. The first-order valence-corrected chi connectivity index (χ1v) is 14.8. The molecule has 3 aromatic carbocycles. The van der Waals surface area contributed by atoms with Crippen LogP contribution in [0, 0.1) is 13.8 Å². The smallest absolute Gasteiger partial charge is 0.264 e. The highest BCUT2D eigenvalue weighted by atomic mass is 32.2. The highest BCUT2D eigenvalue weighted by Gasteiger charge is 2.33. The molecule has 0 fully saturated rings. The van der Waals surface area contributed by atoms with E-state index in [1.54, 1.807) is 56.5 Å². The summed E-state index contributed by atoms with van der Waals surface area (Å²) in [6.07, 6.45) is 0.734. The second kappa shape index (κ2) is 13.5. The van der Waals surface area contributed by atoms with Crippen molar-refractivity contribution in [1.29, 1.82) is 0 Å². The summed E-state index contributed by atoms with van der Waals surface area (Å²) in [5, 5.41) is 2.94. The molecule has 0 aliphatic rings. The van der Waals surface area contributed by atoms with Crippen LogP contribution in [0.2, 0.25) is 0 Å². The number of aryl methyl sites for hydroxylation is 2. The summed E-state index contributed by atoms with van der Waals surface area (Å²) in [5.74, 6) is -0.201. The lowest BCUT2D eigenvalue weighted by molar-refractivity contribution is -0.139. The Bertz CT molecular complexity index is 1410. The van der Waals surface area contributed by atoms with Crippen molar-refractivity contribution in [3.63, 3.8) is 0 Å². The van der Waals surface area contributed by atoms with Crippen LogP contribution >= 0.6 is 0 Å². The first kappa shape index (κ1) is 30.7. The third-order valence-electron chi connectivity index (χ3n) is 6.76. The molecule has 214 valence electrons. The summed E-state index contributed by atoms with van der Waals surface area (Å²) in [7, 11) is -2.55. The van der Waals surface area contributed by atoms with Crippen LogP contribution in [-0.4, -0.2) is 50.9 Å². The fourth-order valence-electron chi connectivity index (χ4n) is 4.36. The molecule has 0 heterocycles. The van der Waals surface area contributed by atoms with E-state index in [-0.39, 0.29) is 23.4 Å². The Kier molecular flexibility index (Phi) is 10.3. The zero-order valence-electron chi connectivity index (χ0n) is 24.0. The van der Waals surface area contributed by atoms with Gasteiger partial charge in [-0.2, -0.15) is 0 Å². The van der Waals surface area contributed by atoms with Crippen LogP contribution in [0.15, 0.2) is 77.7 Å². The predicted octanol–water partition coefficient (Wildman–Crippen LogP) is 4.84. The Morgan fingerprint density at radius 1 is 0.925 bits per heavy atom. The van der Waals surface area contributed by atoms with E-state index >= 15 is 0 Å². The Balaban J connectivity index is 2.05. The second-order valence-corrected chi connectivity index (χ2v) is 11.9. The van der Waals surface area contributed by atoms with Crippen molar-refractivity contribution in [2.24, 2.45) is 0 Å². The van der Waals surface area contributed by atoms with Crippen LogP contribution in [0.1, 0.15) is 43.9 Å². The van der Waals surface area contributed by atoms with Gasteiger partial charge in [0.2, 0.25) is 11.8 Å². The molecule has 9 heteroatoms. The number of anilines is 1. The Hall–Kier alpha value is -3.85. The van der Waals surface area contributed by atoms with Gasteiger partial charge in [-0.15, -0.1) is 0 Å². The molecule has 2 atom stereocenters. The van der Waals surface area contributed by atoms with Crippen LogP contribution in [0.3, 0.4) is 0 Å². The zero-order valence-corrected chi connectivity index (χ0v) is 24.9. The van der Waals surface area contributed by atoms with Gasteiger partial charge in [-0.25, -0.2) is 8.42 Å². The van der Waals surface area contributed by atoms with Crippen molar-refractivity contribution in [2.45, 2.75) is 64.6 Å². The average Bonchev–Trinajstić information content (AvgIpc) is 2.93. The summed E-state index contributed by atoms with van der Waals surface area (Å²) in [6, 6.07) is 19.8. The molecule has 2 amide bonds. The third-order valence-corrected chi connectivity index (χ3v) is 8.55. The number of methoxy groups -OCH3 is 1. The van der Waals surface area contributed by atoms with Crippen LogP contribution in [0.5, 0.6) is 5.75 Å². The summed E-state index contributed by atoms with van der Waals surface area (Å²) in [6.45, 7) is 8.88. The number of sulfonamides is 1. The van der Waals surface area contributed by atoms with Gasteiger partial charge in [0.1, 0.15) is 18.3 Å². The van der Waals surface area contributed by atoms with E-state index in [9.17, 15) is 18.0 Å². The van der Waals surface area contributed by atoms with Gasteiger partial charge in [-0.3, -0.25) is 13.9 Å². The maximum Gasteiger partial charge on any atom is 0.264 e. The number of nitrogens with zero attached hydrogens (tertiary/aromatic N) is 2. The van der Waals surface area contributed by atoms with Gasteiger partial charge < -0.3 is 15.0 Å². The monoisotopic (exact) mass is 565 g/mol. The lowest BCUT2D eigenvalue weighted by Gasteiger charge is -2.32. The predicted molar refractivity (Wildman–Crippen MR) is 158 cm³/mol. The van der Waals surface area contributed by atoms with E-state index in [0.717, 1.165) is 27.4 Å². The van der Waals surface area contributed by atoms with Crippen LogP contribution in [0.4, 0.5) is 5.69 Å². The normalized spacial score (nSPS) is 12.8. The molecule has 0 saturated heterocycles. The Morgan fingerprint density at radius 2 is 1.57 bits per heavy atom. The summed E-state index contributed by atoms with van der Waals surface area (Å²) in [4.78, 5) is 28.7. The van der Waals surface area contributed by atoms with Crippen molar-refractivity contribution < 1.29 is 22.7 Å². The molecular formula is C31H39N3O5S. The van der Waals surface area contributed by atoms with Crippen molar-refractivity contribution in [2.75, 3.05) is 18.0 Å². The maximum atomic E-state index is 14.0. The molecule has 8 nitrogen and oxygen atoms in total. The molecule has 40 heavy (non-hydrogen) atoms. The molecule has 0 radical (unpaired) electrons. The van der Waals surface area contributed by atoms with Gasteiger partial charge in [0, 0.05) is 12.6 Å². The zero-order chi connectivity index (χ0) is 29.4. The quantitative estimate of drug-likeness (QED) is 0.339. The fraction of sp³-hybridized carbons (Fsp3) is 0.355. The van der Waals surface area contributed by atoms with Gasteiger partial charge in [0.15, 0.2) is 0 Å². The topological polar surface area (TPSA) is 96.0 Å². The number of ether oxygens (including phenoxy) is 1. The molecule has 3 rings (SSSR count). The number of carbonyl (C=O) groups excluding carboxylic acids is 2. The number of benzene rings is 3. The SMILES string of the molecule is CC[C@@H](C)NC(=O)[C@H](C)N(Cc1cccc(OC)c1)C(=O)CN(c1cc(C)cc(C)c1)S(=O)(=O)c1ccccc1. The van der Waals surface area contributed by atoms with E-state index in [1.165, 1.54) is 17.0 Å². The molecule has 0 spiro atoms. The van der Waals surface area contributed by atoms with E-state index in [0.29, 0.717) is 11.4 Å². The molecule has 0 bridgehead atoms.